The minimum absolute atomic E-state index is 0.323. The van der Waals surface area contributed by atoms with Gasteiger partial charge in [0.2, 0.25) is 0 Å². The number of nitrogens with one attached hydrogen (secondary N) is 1. The summed E-state index contributed by atoms with van der Waals surface area (Å²) >= 11 is 0. The third-order valence-electron chi connectivity index (χ3n) is 4.75. The molecule has 27 heavy (non-hydrogen) atoms. The van der Waals surface area contributed by atoms with Gasteiger partial charge in [-0.3, -0.25) is 0 Å². The average molecular weight is 383 g/mol. The quantitative estimate of drug-likeness (QED) is 0.325. The molecule has 146 valence electrons. The lowest BCUT2D eigenvalue weighted by atomic mass is 10.1. The van der Waals surface area contributed by atoms with Crippen LogP contribution >= 0.6 is 8.07 Å². The monoisotopic (exact) mass is 382 g/mol. The van der Waals surface area contributed by atoms with Crippen LogP contribution in [0, 0.1) is 27.7 Å². The van der Waals surface area contributed by atoms with Crippen molar-refractivity contribution in [3.05, 3.63) is 64.2 Å². The minimum atomic E-state index is -0.323. The zero-order valence-corrected chi connectivity index (χ0v) is 19.1. The van der Waals surface area contributed by atoms with Gasteiger partial charge in [-0.25, -0.2) is 4.99 Å². The largest absolute Gasteiger partial charge is 0.352 e. The molecule has 3 heteroatoms. The Bertz CT molecular complexity index is 758. The van der Waals surface area contributed by atoms with Gasteiger partial charge in [0, 0.05) is 6.42 Å². The van der Waals surface area contributed by atoms with Gasteiger partial charge in [-0.1, -0.05) is 75.2 Å². The van der Waals surface area contributed by atoms with Crippen LogP contribution < -0.4 is 5.09 Å². The highest BCUT2D eigenvalue weighted by Gasteiger charge is 2.19. The van der Waals surface area contributed by atoms with E-state index in [4.69, 9.17) is 4.99 Å². The average Bonchev–Trinajstić information content (AvgIpc) is 2.56. The van der Waals surface area contributed by atoms with Gasteiger partial charge in [-0.2, -0.15) is 0 Å². The first kappa shape index (κ1) is 21.6. The first-order chi connectivity index (χ1) is 12.7. The molecule has 0 amide bonds. The van der Waals surface area contributed by atoms with Crippen molar-refractivity contribution in [3.63, 3.8) is 0 Å². The molecule has 0 spiro atoms. The molecule has 0 radical (unpaired) electrons. The van der Waals surface area contributed by atoms with Crippen molar-refractivity contribution in [2.24, 2.45) is 4.99 Å². The Labute approximate surface area is 167 Å². The molecule has 0 bridgehead atoms. The van der Waals surface area contributed by atoms with E-state index in [-0.39, 0.29) is 8.07 Å². The first-order valence-corrected chi connectivity index (χ1v) is 11.4. The summed E-state index contributed by atoms with van der Waals surface area (Å²) in [5.74, 6) is 1.09. The molecule has 2 aromatic carbocycles. The van der Waals surface area contributed by atoms with Gasteiger partial charge in [0.05, 0.1) is 5.69 Å². The summed E-state index contributed by atoms with van der Waals surface area (Å²) in [4.78, 5) is 5.14. The Morgan fingerprint density at radius 3 is 1.85 bits per heavy atom. The van der Waals surface area contributed by atoms with Gasteiger partial charge >= 0.3 is 0 Å². The molecule has 0 aliphatic carbocycles. The van der Waals surface area contributed by atoms with Crippen LogP contribution in [0.2, 0.25) is 0 Å². The lowest BCUT2D eigenvalue weighted by Crippen LogP contribution is -2.27. The molecule has 0 aromatic heterocycles. The van der Waals surface area contributed by atoms with Crippen molar-refractivity contribution < 1.29 is 0 Å². The van der Waals surface area contributed by atoms with Crippen molar-refractivity contribution in [1.29, 1.82) is 0 Å². The Morgan fingerprint density at radius 2 is 1.37 bits per heavy atom. The van der Waals surface area contributed by atoms with Crippen molar-refractivity contribution in [2.45, 2.75) is 73.1 Å². The highest BCUT2D eigenvalue weighted by atomic mass is 31.1. The summed E-state index contributed by atoms with van der Waals surface area (Å²) in [5, 5.41) is 3.85. The normalized spacial score (nSPS) is 12.3. The maximum Gasteiger partial charge on any atom is 0.110 e. The summed E-state index contributed by atoms with van der Waals surface area (Å²) in [6, 6.07) is 13.3. The van der Waals surface area contributed by atoms with E-state index in [1.54, 1.807) is 0 Å². The zero-order chi connectivity index (χ0) is 20.1. The second kappa shape index (κ2) is 9.51. The van der Waals surface area contributed by atoms with Gasteiger partial charge in [0.25, 0.3) is 0 Å². The van der Waals surface area contributed by atoms with Gasteiger partial charge < -0.3 is 5.09 Å². The molecule has 0 unspecified atom stereocenters. The molecular weight excluding hydrogens is 347 g/mol. The summed E-state index contributed by atoms with van der Waals surface area (Å²) in [6.07, 6.45) is 0.839. The smallest absolute Gasteiger partial charge is 0.110 e. The molecule has 0 saturated carbocycles. The van der Waals surface area contributed by atoms with Crippen LogP contribution in [0.5, 0.6) is 0 Å². The molecule has 0 heterocycles. The molecule has 2 aromatic rings. The molecule has 2 nitrogen and oxygen atoms in total. The van der Waals surface area contributed by atoms with Gasteiger partial charge in [0.15, 0.2) is 0 Å². The third kappa shape index (κ3) is 6.18. The number of aryl methyl sites for hydroxylation is 4. The molecule has 0 aliphatic rings. The molecule has 0 atom stereocenters. The number of aliphatic imine (C=N–C) groups is 1. The molecule has 0 aliphatic heterocycles. The lowest BCUT2D eigenvalue weighted by molar-refractivity contribution is 0.985. The Balaban J connectivity index is 2.43. The van der Waals surface area contributed by atoms with E-state index >= 15 is 0 Å². The van der Waals surface area contributed by atoms with Crippen LogP contribution in [0.3, 0.4) is 0 Å². The van der Waals surface area contributed by atoms with Crippen LogP contribution in [-0.4, -0.2) is 17.2 Å². The van der Waals surface area contributed by atoms with Crippen LogP contribution in [0.15, 0.2) is 41.4 Å². The SMILES string of the molecule is Cc1ccc(C/C(=N\c2c(C)cc(C)cc2C)NP(C(C)C)C(C)C)cc1. The zero-order valence-electron chi connectivity index (χ0n) is 18.2. The van der Waals surface area contributed by atoms with E-state index in [0.717, 1.165) is 17.9 Å². The van der Waals surface area contributed by atoms with Gasteiger partial charge in [-0.15, -0.1) is 0 Å². The first-order valence-electron chi connectivity index (χ1n) is 9.93. The fourth-order valence-corrected chi connectivity index (χ4v) is 5.63. The van der Waals surface area contributed by atoms with Gasteiger partial charge in [0.1, 0.15) is 5.84 Å². The fraction of sp³-hybridized carbons (Fsp3) is 0.458. The van der Waals surface area contributed by atoms with E-state index in [1.165, 1.54) is 27.8 Å². The van der Waals surface area contributed by atoms with Crippen LogP contribution in [0.1, 0.15) is 55.5 Å². The summed E-state index contributed by atoms with van der Waals surface area (Å²) in [5.41, 5.74) is 8.72. The summed E-state index contributed by atoms with van der Waals surface area (Å²) in [6.45, 7) is 17.8. The van der Waals surface area contributed by atoms with E-state index in [2.05, 4.69) is 96.9 Å². The third-order valence-corrected chi connectivity index (χ3v) is 7.49. The second-order valence-electron chi connectivity index (χ2n) is 8.17. The number of amidine groups is 1. The second-order valence-corrected chi connectivity index (χ2v) is 11.3. The van der Waals surface area contributed by atoms with Crippen LogP contribution in [0.4, 0.5) is 5.69 Å². The molecule has 0 saturated heterocycles. The summed E-state index contributed by atoms with van der Waals surface area (Å²) < 4.78 is 0. The number of nitrogens with zero attached hydrogens (tertiary/aromatic N) is 1. The lowest BCUT2D eigenvalue weighted by Gasteiger charge is -2.28. The maximum atomic E-state index is 5.14. The van der Waals surface area contributed by atoms with E-state index in [1.807, 2.05) is 0 Å². The minimum Gasteiger partial charge on any atom is -0.352 e. The van der Waals surface area contributed by atoms with Crippen molar-refractivity contribution >= 4 is 19.6 Å². The van der Waals surface area contributed by atoms with Crippen molar-refractivity contribution in [3.8, 4) is 0 Å². The topological polar surface area (TPSA) is 24.4 Å². The highest BCUT2D eigenvalue weighted by molar-refractivity contribution is 7.57. The molecule has 1 N–H and O–H groups in total. The number of rotatable bonds is 6. The van der Waals surface area contributed by atoms with E-state index < -0.39 is 0 Å². The van der Waals surface area contributed by atoms with Crippen molar-refractivity contribution in [1.82, 2.24) is 5.09 Å². The van der Waals surface area contributed by atoms with Crippen LogP contribution in [-0.2, 0) is 6.42 Å². The number of hydrogen-bond donors (Lipinski definition) is 1. The summed E-state index contributed by atoms with van der Waals surface area (Å²) in [7, 11) is -0.323. The van der Waals surface area contributed by atoms with Gasteiger partial charge in [-0.05, 0) is 63.8 Å². The van der Waals surface area contributed by atoms with Crippen molar-refractivity contribution in [2.75, 3.05) is 0 Å². The van der Waals surface area contributed by atoms with Crippen LogP contribution in [0.25, 0.3) is 0 Å². The highest BCUT2D eigenvalue weighted by Crippen LogP contribution is 2.42. The number of benzene rings is 2. The van der Waals surface area contributed by atoms with E-state index in [9.17, 15) is 0 Å². The molecule has 0 fully saturated rings. The Hall–Kier alpha value is -1.66. The Morgan fingerprint density at radius 1 is 0.852 bits per heavy atom. The predicted octanol–water partition coefficient (Wildman–Crippen LogP) is 7.00. The maximum absolute atomic E-state index is 5.14. The Kier molecular flexibility index (Phi) is 7.62. The molecule has 2 rings (SSSR count). The molecular formula is C24H35N2P. The standard InChI is InChI=1S/C24H35N2P/c1-16(2)27(17(3)4)26-23(15-22-11-9-18(5)10-12-22)25-24-20(7)13-19(6)14-21(24)8/h9-14,16-17H,15H2,1-8H3,(H,25,26). The predicted molar refractivity (Wildman–Crippen MR) is 123 cm³/mol. The van der Waals surface area contributed by atoms with E-state index in [0.29, 0.717) is 11.3 Å². The number of hydrogen-bond acceptors (Lipinski definition) is 1. The fourth-order valence-electron chi connectivity index (χ4n) is 3.49.